The average molecular weight is 210 g/mol. The maximum Gasteiger partial charge on any atom is 0.295 e. The summed E-state index contributed by atoms with van der Waals surface area (Å²) < 4.78 is 8.14. The van der Waals surface area contributed by atoms with Crippen LogP contribution in [0.15, 0.2) is 0 Å². The van der Waals surface area contributed by atoms with Gasteiger partial charge in [0.15, 0.2) is 5.60 Å². The predicted molar refractivity (Wildman–Crippen MR) is 38.7 cm³/mol. The van der Waals surface area contributed by atoms with E-state index in [1.54, 1.807) is 0 Å². The normalized spacial score (nSPS) is 16.5. The summed E-state index contributed by atoms with van der Waals surface area (Å²) in [5.41, 5.74) is -2.21. The zero-order valence-corrected chi connectivity index (χ0v) is 7.03. The summed E-state index contributed by atoms with van der Waals surface area (Å²) in [6.45, 7) is -1.61. The smallest absolute Gasteiger partial charge is 0.295 e. The van der Waals surface area contributed by atoms with E-state index in [1.165, 1.54) is 0 Å². The van der Waals surface area contributed by atoms with Gasteiger partial charge < -0.3 is 19.7 Å². The van der Waals surface area contributed by atoms with Crippen LogP contribution < -0.4 is 0 Å². The van der Waals surface area contributed by atoms with E-state index in [4.69, 9.17) is 10.4 Å². The van der Waals surface area contributed by atoms with Crippen LogP contribution in [-0.4, -0.2) is 53.5 Å². The molecule has 0 bridgehead atoms. The first kappa shape index (κ1) is 12.8. The van der Waals surface area contributed by atoms with Crippen molar-refractivity contribution in [3.63, 3.8) is 0 Å². The fourth-order valence-corrected chi connectivity index (χ4v) is 0.654. The summed E-state index contributed by atoms with van der Waals surface area (Å²) in [6, 6.07) is 0. The molecule has 0 saturated carbocycles. The Balaban J connectivity index is 4.33. The molecule has 0 amide bonds. The van der Waals surface area contributed by atoms with E-state index < -0.39 is 25.1 Å². The molecule has 2 atom stereocenters. The van der Waals surface area contributed by atoms with Crippen LogP contribution in [0.4, 0.5) is 0 Å². The first-order valence-electron chi connectivity index (χ1n) is 3.42. The van der Waals surface area contributed by atoms with Crippen molar-refractivity contribution in [2.45, 2.75) is 11.9 Å². The first-order valence-corrected chi connectivity index (χ1v) is 3.42. The molecular weight excluding hydrogens is 200 g/mol. The second-order valence-electron chi connectivity index (χ2n) is 2.37. The van der Waals surface area contributed by atoms with Crippen LogP contribution in [0, 0.1) is 0 Å². The fourth-order valence-electron chi connectivity index (χ4n) is 0.654. The predicted octanol–water partition coefficient (Wildman–Crippen LogP) is -2.13. The third-order valence-electron chi connectivity index (χ3n) is 1.36. The second kappa shape index (κ2) is 6.27. The summed E-state index contributed by atoms with van der Waals surface area (Å²) in [6.07, 6.45) is -1.98. The van der Waals surface area contributed by atoms with Crippen LogP contribution >= 0.6 is 0 Å². The van der Waals surface area contributed by atoms with E-state index in [0.717, 1.165) is 0 Å². The minimum absolute atomic E-state index is 0.00990. The number of hydrogen-bond acceptors (Lipinski definition) is 8. The van der Waals surface area contributed by atoms with Crippen LogP contribution in [0.3, 0.4) is 0 Å². The van der Waals surface area contributed by atoms with Crippen molar-refractivity contribution in [3.05, 3.63) is 0 Å². The molecule has 0 aromatic rings. The van der Waals surface area contributed by atoms with E-state index >= 15 is 0 Å². The van der Waals surface area contributed by atoms with Crippen LogP contribution in [0.1, 0.15) is 0 Å². The van der Waals surface area contributed by atoms with Crippen molar-refractivity contribution in [2.24, 2.45) is 0 Å². The number of ether oxygens (including phenoxy) is 2. The largest absolute Gasteiger partial charge is 0.464 e. The maximum atomic E-state index is 9.83. The van der Waals surface area contributed by atoms with Crippen LogP contribution in [0.2, 0.25) is 0 Å². The number of aliphatic hydroxyl groups is 2. The van der Waals surface area contributed by atoms with Gasteiger partial charge in [0.25, 0.3) is 12.9 Å². The highest BCUT2D eigenvalue weighted by Gasteiger charge is 2.39. The van der Waals surface area contributed by atoms with E-state index in [-0.39, 0.29) is 12.9 Å². The monoisotopic (exact) mass is 210 g/mol. The molecule has 0 radical (unpaired) electrons. The number of carbonyl (C=O) groups excluding carboxylic acids is 2. The Morgan fingerprint density at radius 3 is 2.36 bits per heavy atom. The summed E-state index contributed by atoms with van der Waals surface area (Å²) >= 11 is 0. The molecule has 0 heterocycles. The highest BCUT2D eigenvalue weighted by Crippen LogP contribution is 2.12. The lowest BCUT2D eigenvalue weighted by Crippen LogP contribution is -2.51. The zero-order valence-electron chi connectivity index (χ0n) is 7.03. The molecule has 8 nitrogen and oxygen atoms in total. The van der Waals surface area contributed by atoms with Gasteiger partial charge in [-0.1, -0.05) is 0 Å². The molecule has 2 unspecified atom stereocenters. The molecular formula is C6H10O8. The van der Waals surface area contributed by atoms with Gasteiger partial charge in [0.1, 0.15) is 13.2 Å². The SMILES string of the molecule is O=COCC(O)(COO)C(O)OC=O. The van der Waals surface area contributed by atoms with Gasteiger partial charge in [-0.05, 0) is 0 Å². The lowest BCUT2D eigenvalue weighted by atomic mass is 10.1. The van der Waals surface area contributed by atoms with Crippen molar-refractivity contribution < 1.29 is 39.4 Å². The van der Waals surface area contributed by atoms with Gasteiger partial charge in [-0.25, -0.2) is 4.89 Å². The molecule has 3 N–H and O–H groups in total. The highest BCUT2D eigenvalue weighted by molar-refractivity contribution is 5.38. The Labute approximate surface area is 78.5 Å². The Bertz CT molecular complexity index is 183. The Morgan fingerprint density at radius 2 is 1.93 bits per heavy atom. The summed E-state index contributed by atoms with van der Waals surface area (Å²) in [7, 11) is 0. The van der Waals surface area contributed by atoms with Crippen molar-refractivity contribution >= 4 is 12.9 Å². The number of carbonyl (C=O) groups is 2. The Kier molecular flexibility index (Phi) is 5.72. The second-order valence-corrected chi connectivity index (χ2v) is 2.37. The highest BCUT2D eigenvalue weighted by atomic mass is 17.1. The molecule has 0 aromatic heterocycles. The van der Waals surface area contributed by atoms with Gasteiger partial charge in [0.2, 0.25) is 6.29 Å². The molecule has 0 spiro atoms. The number of hydrogen-bond donors (Lipinski definition) is 3. The van der Waals surface area contributed by atoms with Gasteiger partial charge in [-0.3, -0.25) is 14.8 Å². The quantitative estimate of drug-likeness (QED) is 0.180. The van der Waals surface area contributed by atoms with Gasteiger partial charge >= 0.3 is 0 Å². The lowest BCUT2D eigenvalue weighted by molar-refractivity contribution is -0.308. The molecule has 0 aliphatic rings. The molecule has 82 valence electrons. The minimum Gasteiger partial charge on any atom is -0.464 e. The van der Waals surface area contributed by atoms with Crippen molar-refractivity contribution in [2.75, 3.05) is 13.2 Å². The minimum atomic E-state index is -2.21. The van der Waals surface area contributed by atoms with Gasteiger partial charge in [0.05, 0.1) is 0 Å². The van der Waals surface area contributed by atoms with Gasteiger partial charge in [0, 0.05) is 0 Å². The average Bonchev–Trinajstić information content (AvgIpc) is 2.15. The van der Waals surface area contributed by atoms with Crippen LogP contribution in [-0.2, 0) is 24.0 Å². The van der Waals surface area contributed by atoms with Crippen molar-refractivity contribution in [1.29, 1.82) is 0 Å². The molecule has 0 aromatic carbocycles. The summed E-state index contributed by atoms with van der Waals surface area (Å²) in [5, 5.41) is 26.5. The molecule has 14 heavy (non-hydrogen) atoms. The number of aliphatic hydroxyl groups excluding tert-OH is 1. The van der Waals surface area contributed by atoms with E-state index in [9.17, 15) is 14.7 Å². The van der Waals surface area contributed by atoms with E-state index in [1.807, 2.05) is 0 Å². The molecule has 0 aliphatic heterocycles. The zero-order chi connectivity index (χ0) is 11.0. The third kappa shape index (κ3) is 3.66. The molecule has 0 rings (SSSR count). The topological polar surface area (TPSA) is 123 Å². The van der Waals surface area contributed by atoms with E-state index in [2.05, 4.69) is 14.4 Å². The molecule has 0 fully saturated rings. The third-order valence-corrected chi connectivity index (χ3v) is 1.36. The molecule has 8 heteroatoms. The molecule has 0 saturated heterocycles. The maximum absolute atomic E-state index is 9.83. The van der Waals surface area contributed by atoms with E-state index in [0.29, 0.717) is 0 Å². The lowest BCUT2D eigenvalue weighted by Gasteiger charge is -2.28. The van der Waals surface area contributed by atoms with Crippen LogP contribution in [0.25, 0.3) is 0 Å². The summed E-state index contributed by atoms with van der Waals surface area (Å²) in [4.78, 5) is 23.2. The van der Waals surface area contributed by atoms with Crippen molar-refractivity contribution in [1.82, 2.24) is 0 Å². The first-order chi connectivity index (χ1) is 6.60. The van der Waals surface area contributed by atoms with Crippen molar-refractivity contribution in [3.8, 4) is 0 Å². The fraction of sp³-hybridized carbons (Fsp3) is 0.667. The van der Waals surface area contributed by atoms with Gasteiger partial charge in [-0.15, -0.1) is 0 Å². The Hall–Kier alpha value is -1.22. The Morgan fingerprint density at radius 1 is 1.29 bits per heavy atom. The number of rotatable bonds is 8. The standard InChI is InChI=1S/C6H10O8/c7-3-12-1-6(10,2-14-11)5(9)13-4-8/h3-5,9-11H,1-2H2. The summed E-state index contributed by atoms with van der Waals surface area (Å²) in [5.74, 6) is 0. The molecule has 0 aliphatic carbocycles. The van der Waals surface area contributed by atoms with Gasteiger partial charge in [-0.2, -0.15) is 0 Å². The van der Waals surface area contributed by atoms with Crippen LogP contribution in [0.5, 0.6) is 0 Å².